The number of nitrogens with zero attached hydrogens (tertiary/aromatic N) is 3. The Hall–Kier alpha value is -7.95. The first-order valence-corrected chi connectivity index (χ1v) is 23.7. The number of benzene rings is 5. The summed E-state index contributed by atoms with van der Waals surface area (Å²) in [6.07, 6.45) is -2.37. The van der Waals surface area contributed by atoms with Crippen LogP contribution in [0.1, 0.15) is 52.4 Å². The number of morpholine rings is 1. The number of methoxy groups -OCH3 is 3. The number of esters is 3. The highest BCUT2D eigenvalue weighted by atomic mass is 32.1. The number of hydrogen-bond donors (Lipinski definition) is 2. The molecule has 72 heavy (non-hydrogen) atoms. The van der Waals surface area contributed by atoms with Crippen LogP contribution in [0.4, 0.5) is 15.6 Å². The molecule has 2 saturated heterocycles. The van der Waals surface area contributed by atoms with E-state index < -0.39 is 77.3 Å². The number of imide groups is 1. The van der Waals surface area contributed by atoms with Crippen molar-refractivity contribution in [2.75, 3.05) is 58.0 Å². The molecule has 3 amide bonds. The standard InChI is InChI=1S/C54H48N4O13S/c1-66-29-30-70-53(65)57-40-26-21-32(13-12-18-37(48(61)67-2)49(62)68-3)31-38(40)54(51(57)64)42(47(60)56-52-55-39-19-10-11-20-41(39)72-52)44-50(63)71-45(34-16-8-5-9-17-34)43(33-14-6-4-7-15-33)58(44)46(54)35-22-24-36(25-23-35)69-28-27-59/h4-11,14-17,19-26,31,37,42-46,59H,18,27-30H2,1-3H3,(H,55,56,60). The van der Waals surface area contributed by atoms with Crippen molar-refractivity contribution >= 4 is 68.2 Å². The minimum Gasteiger partial charge on any atom is -0.491 e. The van der Waals surface area contributed by atoms with Crippen LogP contribution >= 0.6 is 11.3 Å². The molecule has 3 aliphatic heterocycles. The molecule has 17 nitrogen and oxygen atoms in total. The summed E-state index contributed by atoms with van der Waals surface area (Å²) in [5, 5.41) is 12.8. The molecule has 368 valence electrons. The van der Waals surface area contributed by atoms with Gasteiger partial charge >= 0.3 is 24.0 Å². The van der Waals surface area contributed by atoms with Crippen LogP contribution in [0.25, 0.3) is 10.2 Å². The molecule has 0 saturated carbocycles. The van der Waals surface area contributed by atoms with Gasteiger partial charge in [-0.25, -0.2) is 14.7 Å². The largest absolute Gasteiger partial charge is 0.491 e. The molecule has 2 fully saturated rings. The molecule has 5 aromatic carbocycles. The van der Waals surface area contributed by atoms with Gasteiger partial charge in [-0.15, -0.1) is 0 Å². The Labute approximate surface area is 417 Å². The van der Waals surface area contributed by atoms with E-state index in [4.69, 9.17) is 33.4 Å². The Balaban J connectivity index is 1.33. The van der Waals surface area contributed by atoms with Gasteiger partial charge in [-0.2, -0.15) is 0 Å². The number of para-hydroxylation sites is 1. The lowest BCUT2D eigenvalue weighted by Crippen LogP contribution is -2.54. The highest BCUT2D eigenvalue weighted by Gasteiger charge is 2.76. The van der Waals surface area contributed by atoms with Gasteiger partial charge in [-0.05, 0) is 64.7 Å². The lowest BCUT2D eigenvalue weighted by atomic mass is 9.65. The molecule has 0 radical (unpaired) electrons. The molecule has 6 unspecified atom stereocenters. The number of ether oxygens (including phenoxy) is 6. The van der Waals surface area contributed by atoms with Crippen LogP contribution in [0.5, 0.6) is 5.75 Å². The van der Waals surface area contributed by atoms with E-state index >= 15 is 14.4 Å². The predicted molar refractivity (Wildman–Crippen MR) is 261 cm³/mol. The van der Waals surface area contributed by atoms with Crippen LogP contribution in [0.3, 0.4) is 0 Å². The van der Waals surface area contributed by atoms with Gasteiger partial charge in [0.15, 0.2) is 11.0 Å². The molecule has 0 bridgehead atoms. The van der Waals surface area contributed by atoms with E-state index in [1.807, 2.05) is 83.8 Å². The number of thiazole rings is 1. The number of carbonyl (C=O) groups excluding carboxylic acids is 6. The van der Waals surface area contributed by atoms with Gasteiger partial charge in [0.25, 0.3) is 0 Å². The minimum absolute atomic E-state index is 0.000284. The predicted octanol–water partition coefficient (Wildman–Crippen LogP) is 6.46. The summed E-state index contributed by atoms with van der Waals surface area (Å²) < 4.78 is 33.7. The molecule has 18 heteroatoms. The molecule has 1 spiro atoms. The smallest absolute Gasteiger partial charge is 0.421 e. The van der Waals surface area contributed by atoms with Crippen molar-refractivity contribution in [3.8, 4) is 17.6 Å². The monoisotopic (exact) mass is 992 g/mol. The topological polar surface area (TPSA) is 209 Å². The minimum atomic E-state index is -2.19. The summed E-state index contributed by atoms with van der Waals surface area (Å²) in [6, 6.07) is 33.5. The molecule has 4 heterocycles. The lowest BCUT2D eigenvalue weighted by molar-refractivity contribution is -0.178. The lowest BCUT2D eigenvalue weighted by Gasteiger charge is -2.46. The molecule has 3 aliphatic rings. The molecular weight excluding hydrogens is 945 g/mol. The van der Waals surface area contributed by atoms with Crippen LogP contribution in [0.2, 0.25) is 0 Å². The van der Waals surface area contributed by atoms with Crippen LogP contribution in [0, 0.1) is 23.7 Å². The third-order valence-electron chi connectivity index (χ3n) is 13.0. The van der Waals surface area contributed by atoms with E-state index in [9.17, 15) is 19.5 Å². The van der Waals surface area contributed by atoms with Gasteiger partial charge in [0, 0.05) is 19.1 Å². The van der Waals surface area contributed by atoms with E-state index in [1.165, 1.54) is 24.5 Å². The highest BCUT2D eigenvalue weighted by molar-refractivity contribution is 7.22. The zero-order valence-electron chi connectivity index (χ0n) is 39.2. The Kier molecular flexibility index (Phi) is 14.4. The SMILES string of the molecule is COCCOC(=O)N1C(=O)C2(c3cc(C#CCC(C(=O)OC)C(=O)OC)ccc31)C(C(=O)Nc1nc3ccccc3s1)C1C(=O)OC(c3ccccc3)C(c3ccccc3)N1C2c1ccc(OCCO)cc1. The Bertz CT molecular complexity index is 3040. The molecule has 1 aromatic heterocycles. The van der Waals surface area contributed by atoms with Gasteiger partial charge < -0.3 is 38.8 Å². The van der Waals surface area contributed by atoms with Gasteiger partial charge in [-0.1, -0.05) is 108 Å². The second kappa shape index (κ2) is 21.2. The van der Waals surface area contributed by atoms with Crippen molar-refractivity contribution in [1.29, 1.82) is 0 Å². The first-order valence-electron chi connectivity index (χ1n) is 22.9. The first-order chi connectivity index (χ1) is 35.0. The number of rotatable bonds is 14. The fourth-order valence-corrected chi connectivity index (χ4v) is 10.9. The highest BCUT2D eigenvalue weighted by Crippen LogP contribution is 2.66. The van der Waals surface area contributed by atoms with Crippen LogP contribution in [0.15, 0.2) is 127 Å². The van der Waals surface area contributed by atoms with Gasteiger partial charge in [0.1, 0.15) is 36.5 Å². The van der Waals surface area contributed by atoms with Crippen LogP contribution < -0.4 is 15.0 Å². The molecular formula is C54H48N4O13S. The van der Waals surface area contributed by atoms with Gasteiger partial charge in [0.05, 0.1) is 61.3 Å². The zero-order chi connectivity index (χ0) is 50.5. The van der Waals surface area contributed by atoms with Gasteiger partial charge in [-0.3, -0.25) is 28.9 Å². The normalized spacial score (nSPS) is 21.1. The Morgan fingerprint density at radius 3 is 2.15 bits per heavy atom. The van der Waals surface area contributed by atoms with Crippen molar-refractivity contribution < 1.29 is 62.3 Å². The number of carbonyl (C=O) groups is 6. The summed E-state index contributed by atoms with van der Waals surface area (Å²) in [7, 11) is 3.71. The van der Waals surface area contributed by atoms with Crippen molar-refractivity contribution in [2.45, 2.75) is 36.1 Å². The maximum absolute atomic E-state index is 16.5. The Morgan fingerprint density at radius 1 is 0.806 bits per heavy atom. The molecule has 9 rings (SSSR count). The third kappa shape index (κ3) is 8.92. The fourth-order valence-electron chi connectivity index (χ4n) is 10.1. The second-order valence-corrected chi connectivity index (χ2v) is 18.0. The molecule has 6 aromatic rings. The number of aliphatic hydroxyl groups is 1. The van der Waals surface area contributed by atoms with Crippen LogP contribution in [-0.4, -0.2) is 105 Å². The van der Waals surface area contributed by atoms with Crippen molar-refractivity contribution in [3.63, 3.8) is 0 Å². The van der Waals surface area contributed by atoms with E-state index in [1.54, 1.807) is 42.5 Å². The second-order valence-electron chi connectivity index (χ2n) is 17.0. The van der Waals surface area contributed by atoms with E-state index in [0.717, 1.165) is 23.8 Å². The maximum atomic E-state index is 16.5. The summed E-state index contributed by atoms with van der Waals surface area (Å²) in [5.74, 6) is -0.966. The average molecular weight is 993 g/mol. The van der Waals surface area contributed by atoms with E-state index in [0.29, 0.717) is 28.0 Å². The fraction of sp³-hybridized carbons (Fsp3) is 0.278. The van der Waals surface area contributed by atoms with Crippen LogP contribution in [-0.2, 0) is 53.1 Å². The number of hydrogen-bond acceptors (Lipinski definition) is 16. The molecule has 6 atom stereocenters. The number of aliphatic hydroxyl groups excluding tert-OH is 1. The van der Waals surface area contributed by atoms with Crippen molar-refractivity contribution in [1.82, 2.24) is 9.88 Å². The average Bonchev–Trinajstić information content (AvgIpc) is 4.05. The quantitative estimate of drug-likeness (QED) is 0.0395. The number of anilines is 2. The van der Waals surface area contributed by atoms with Crippen molar-refractivity contribution in [2.24, 2.45) is 11.8 Å². The van der Waals surface area contributed by atoms with E-state index in [2.05, 4.69) is 17.2 Å². The molecule has 0 aliphatic carbocycles. The summed E-state index contributed by atoms with van der Waals surface area (Å²) in [4.78, 5) is 95.1. The zero-order valence-corrected chi connectivity index (χ0v) is 40.0. The Morgan fingerprint density at radius 2 is 1.49 bits per heavy atom. The molecule has 2 N–H and O–H groups in total. The third-order valence-corrected chi connectivity index (χ3v) is 14.0. The summed E-state index contributed by atoms with van der Waals surface area (Å²) >= 11 is 1.20. The number of cyclic esters (lactones) is 1. The van der Waals surface area contributed by atoms with Gasteiger partial charge in [0.2, 0.25) is 11.8 Å². The van der Waals surface area contributed by atoms with E-state index in [-0.39, 0.29) is 54.8 Å². The number of aromatic nitrogens is 1. The maximum Gasteiger partial charge on any atom is 0.421 e. The number of nitrogens with one attached hydrogen (secondary N) is 1. The first kappa shape index (κ1) is 49.0. The number of fused-ring (bicyclic) bond motifs is 4. The number of amides is 3. The summed E-state index contributed by atoms with van der Waals surface area (Å²) in [6.45, 7) is -0.497. The van der Waals surface area contributed by atoms with Crippen molar-refractivity contribution in [3.05, 3.63) is 155 Å². The summed E-state index contributed by atoms with van der Waals surface area (Å²) in [5.41, 5.74) is 0.623.